The lowest BCUT2D eigenvalue weighted by Crippen LogP contribution is -2.52. The fourth-order valence-electron chi connectivity index (χ4n) is 6.87. The normalized spacial score (nSPS) is 15.4. The Bertz CT molecular complexity index is 1740. The quantitative estimate of drug-likeness (QED) is 0.0748. The lowest BCUT2D eigenvalue weighted by atomic mass is 9.95. The molecule has 7 amide bonds. The van der Waals surface area contributed by atoms with Gasteiger partial charge in [0.05, 0.1) is 25.6 Å². The Kier molecular flexibility index (Phi) is 19.8. The van der Waals surface area contributed by atoms with Crippen molar-refractivity contribution in [3.8, 4) is 0 Å². The summed E-state index contributed by atoms with van der Waals surface area (Å²) in [5.41, 5.74) is 2.04. The molecule has 0 saturated heterocycles. The molecule has 0 bridgehead atoms. The second kappa shape index (κ2) is 25.5. The van der Waals surface area contributed by atoms with Crippen LogP contribution in [0, 0.1) is 5.92 Å². The van der Waals surface area contributed by atoms with E-state index in [0.29, 0.717) is 24.9 Å². The van der Waals surface area contributed by atoms with Gasteiger partial charge in [0.1, 0.15) is 12.6 Å². The number of imide groups is 1. The summed E-state index contributed by atoms with van der Waals surface area (Å²) in [7, 11) is 0. The molecule has 1 heterocycles. The van der Waals surface area contributed by atoms with Gasteiger partial charge < -0.3 is 31.3 Å². The minimum atomic E-state index is -1.06. The van der Waals surface area contributed by atoms with Crippen molar-refractivity contribution in [1.82, 2.24) is 26.2 Å². The summed E-state index contributed by atoms with van der Waals surface area (Å²) >= 11 is 0. The zero-order valence-corrected chi connectivity index (χ0v) is 33.8. The predicted octanol–water partition coefficient (Wildman–Crippen LogP) is 3.76. The van der Waals surface area contributed by atoms with Crippen molar-refractivity contribution in [3.63, 3.8) is 0 Å². The maximum Gasteiger partial charge on any atom is 0.309 e. The van der Waals surface area contributed by atoms with E-state index >= 15 is 0 Å². The van der Waals surface area contributed by atoms with Gasteiger partial charge >= 0.3 is 5.97 Å². The Hall–Kier alpha value is -5.86. The minimum absolute atomic E-state index is 0.0718. The average molecular weight is 815 g/mol. The molecular formula is C44H58N6O9. The number of anilines is 1. The summed E-state index contributed by atoms with van der Waals surface area (Å²) in [5, 5.41) is 12.8. The van der Waals surface area contributed by atoms with Gasteiger partial charge in [0, 0.05) is 37.2 Å². The minimum Gasteiger partial charge on any atom is -0.461 e. The largest absolute Gasteiger partial charge is 0.461 e. The Balaban J connectivity index is 1.15. The number of esters is 1. The number of carbonyl (C=O) groups excluding carboxylic acids is 8. The average Bonchev–Trinajstić information content (AvgIpc) is 3.52. The number of nitrogens with one attached hydrogen (secondary N) is 5. The molecule has 1 aliphatic heterocycles. The zero-order valence-electron chi connectivity index (χ0n) is 33.8. The van der Waals surface area contributed by atoms with Crippen molar-refractivity contribution < 1.29 is 43.1 Å². The maximum atomic E-state index is 13.2. The third-order valence-corrected chi connectivity index (χ3v) is 10.2. The highest BCUT2D eigenvalue weighted by Gasteiger charge is 2.24. The van der Waals surface area contributed by atoms with Crippen LogP contribution in [0.3, 0.4) is 0 Å². The molecule has 0 spiro atoms. The molecule has 15 nitrogen and oxygen atoms in total. The first-order valence-corrected chi connectivity index (χ1v) is 20.8. The Labute approximate surface area is 345 Å². The van der Waals surface area contributed by atoms with E-state index in [0.717, 1.165) is 54.6 Å². The van der Waals surface area contributed by atoms with Crippen LogP contribution in [0.1, 0.15) is 101 Å². The van der Waals surface area contributed by atoms with Crippen LogP contribution in [-0.4, -0.2) is 84.4 Å². The van der Waals surface area contributed by atoms with Gasteiger partial charge in [-0.15, -0.1) is 0 Å². The smallest absolute Gasteiger partial charge is 0.309 e. The van der Waals surface area contributed by atoms with Crippen molar-refractivity contribution in [1.29, 1.82) is 0 Å². The molecule has 0 aromatic heterocycles. The lowest BCUT2D eigenvalue weighted by molar-refractivity contribution is -0.150. The number of nitrogens with zero attached hydrogens (tertiary/aromatic N) is 1. The Morgan fingerprint density at radius 2 is 1.22 bits per heavy atom. The van der Waals surface area contributed by atoms with Gasteiger partial charge in [0.2, 0.25) is 29.5 Å². The van der Waals surface area contributed by atoms with E-state index in [4.69, 9.17) is 4.74 Å². The molecule has 5 N–H and O–H groups in total. The van der Waals surface area contributed by atoms with E-state index in [-0.39, 0.29) is 68.7 Å². The van der Waals surface area contributed by atoms with Crippen LogP contribution >= 0.6 is 0 Å². The summed E-state index contributed by atoms with van der Waals surface area (Å²) in [6, 6.07) is 14.9. The molecule has 318 valence electrons. The maximum absolute atomic E-state index is 13.2. The topological polar surface area (TPSA) is 209 Å². The number of hydrogen-bond donors (Lipinski definition) is 5. The highest BCUT2D eigenvalue weighted by atomic mass is 16.5. The van der Waals surface area contributed by atoms with Crippen molar-refractivity contribution in [2.45, 2.75) is 109 Å². The molecule has 2 aromatic carbocycles. The van der Waals surface area contributed by atoms with Crippen LogP contribution in [0.5, 0.6) is 0 Å². The van der Waals surface area contributed by atoms with Crippen molar-refractivity contribution >= 4 is 53.0 Å². The van der Waals surface area contributed by atoms with Gasteiger partial charge in [0.15, 0.2) is 0 Å². The van der Waals surface area contributed by atoms with Gasteiger partial charge in [-0.25, -0.2) is 0 Å². The van der Waals surface area contributed by atoms with E-state index in [1.807, 2.05) is 6.07 Å². The number of amides is 7. The number of ether oxygens (including phenoxy) is 1. The Morgan fingerprint density at radius 3 is 1.88 bits per heavy atom. The van der Waals surface area contributed by atoms with E-state index in [1.165, 1.54) is 37.8 Å². The van der Waals surface area contributed by atoms with Crippen LogP contribution in [-0.2, 0) is 56.1 Å². The molecule has 15 heteroatoms. The Morgan fingerprint density at radius 1 is 0.627 bits per heavy atom. The third kappa shape index (κ3) is 17.7. The van der Waals surface area contributed by atoms with Gasteiger partial charge in [-0.2, -0.15) is 0 Å². The van der Waals surface area contributed by atoms with Crippen LogP contribution in [0.25, 0.3) is 0 Å². The van der Waals surface area contributed by atoms with E-state index in [1.54, 1.807) is 48.5 Å². The summed E-state index contributed by atoms with van der Waals surface area (Å²) in [6.07, 6.45) is 15.5. The monoisotopic (exact) mass is 814 g/mol. The first kappa shape index (κ1) is 45.8. The summed E-state index contributed by atoms with van der Waals surface area (Å²) in [4.78, 5) is 101. The van der Waals surface area contributed by atoms with Crippen LogP contribution < -0.4 is 26.6 Å². The highest BCUT2D eigenvalue weighted by molar-refractivity contribution is 6.12. The lowest BCUT2D eigenvalue weighted by Gasteiger charge is -2.19. The van der Waals surface area contributed by atoms with Gasteiger partial charge in [-0.1, -0.05) is 100 Å². The SMILES string of the molecule is O=C(CCCCCN1C(=O)C=CC1=O)NCC(=O)NCC(=O)N[C@@H](Cc1ccccc1)C(=O)NCC(=O)Nc1ccc(COC(=O)C2CCCCCCCCCC2)cc1. The number of rotatable bonds is 20. The van der Waals surface area contributed by atoms with Gasteiger partial charge in [-0.05, 0) is 48.9 Å². The van der Waals surface area contributed by atoms with Crippen molar-refractivity contribution in [2.75, 3.05) is 31.5 Å². The molecule has 59 heavy (non-hydrogen) atoms. The second-order valence-electron chi connectivity index (χ2n) is 15.0. The summed E-state index contributed by atoms with van der Waals surface area (Å²) < 4.78 is 5.67. The molecule has 4 rings (SSSR count). The molecular weight excluding hydrogens is 757 g/mol. The number of hydrogen-bond acceptors (Lipinski definition) is 9. The van der Waals surface area contributed by atoms with Crippen LogP contribution in [0.2, 0.25) is 0 Å². The highest BCUT2D eigenvalue weighted by Crippen LogP contribution is 2.23. The number of unbranched alkanes of at least 4 members (excludes halogenated alkanes) is 2. The molecule has 1 atom stereocenters. The molecule has 2 aromatic rings. The number of benzene rings is 2. The summed E-state index contributed by atoms with van der Waals surface area (Å²) in [5.74, 6) is -3.63. The second-order valence-corrected chi connectivity index (χ2v) is 15.0. The van der Waals surface area contributed by atoms with E-state index in [2.05, 4.69) is 26.6 Å². The van der Waals surface area contributed by atoms with E-state index < -0.39 is 36.2 Å². The molecule has 1 aliphatic carbocycles. The van der Waals surface area contributed by atoms with Crippen LogP contribution in [0.4, 0.5) is 5.69 Å². The molecule has 0 radical (unpaired) electrons. The molecule has 0 unspecified atom stereocenters. The van der Waals surface area contributed by atoms with Crippen molar-refractivity contribution in [3.05, 3.63) is 77.9 Å². The predicted molar refractivity (Wildman–Crippen MR) is 220 cm³/mol. The molecule has 1 saturated carbocycles. The van der Waals surface area contributed by atoms with Gasteiger partial charge in [-0.3, -0.25) is 43.3 Å². The number of carbonyl (C=O) groups is 8. The molecule has 1 fully saturated rings. The zero-order chi connectivity index (χ0) is 42.2. The fourth-order valence-corrected chi connectivity index (χ4v) is 6.87. The van der Waals surface area contributed by atoms with E-state index in [9.17, 15) is 38.4 Å². The fraction of sp³-hybridized carbons (Fsp3) is 0.500. The standard InChI is InChI=1S/C44H58N6O9/c51-37(19-13-8-14-26-50-41(55)24-25-42(50)56)45-28-38(52)46-29-40(54)49-36(27-32-15-9-7-10-16-32)43(57)47-30-39(53)48-35-22-20-33(21-23-35)31-59-44(58)34-17-11-5-3-1-2-4-6-12-18-34/h7,9-10,15-16,20-25,34,36H,1-6,8,11-14,17-19,26-31H2,(H,45,51)(H,46,52)(H,47,57)(H,48,53)(H,49,54)/t36-/m0/s1. The first-order valence-electron chi connectivity index (χ1n) is 20.8. The molecule has 2 aliphatic rings. The first-order chi connectivity index (χ1) is 28.6. The van der Waals surface area contributed by atoms with Crippen LogP contribution in [0.15, 0.2) is 66.7 Å². The summed E-state index contributed by atoms with van der Waals surface area (Å²) in [6.45, 7) is -0.754. The van der Waals surface area contributed by atoms with Crippen molar-refractivity contribution in [2.24, 2.45) is 5.92 Å². The van der Waals surface area contributed by atoms with Gasteiger partial charge in [0.25, 0.3) is 11.8 Å². The third-order valence-electron chi connectivity index (χ3n) is 10.2.